The van der Waals surface area contributed by atoms with Gasteiger partial charge in [-0.15, -0.1) is 11.3 Å². The molecule has 122 valence electrons. The van der Waals surface area contributed by atoms with Crippen LogP contribution in [0.1, 0.15) is 10.4 Å². The van der Waals surface area contributed by atoms with Gasteiger partial charge < -0.3 is 4.74 Å². The predicted molar refractivity (Wildman–Crippen MR) is 99.8 cm³/mol. The molecule has 0 atom stereocenters. The SMILES string of the molecule is O=C(CSc1nc2ccccc2s1)OCC(=O)c1ccc(Br)cc1. The van der Waals surface area contributed by atoms with Gasteiger partial charge in [0.15, 0.2) is 16.7 Å². The first-order valence-corrected chi connectivity index (χ1v) is 9.64. The number of esters is 1. The fraction of sp³-hybridized carbons (Fsp3) is 0.118. The van der Waals surface area contributed by atoms with Crippen LogP contribution in [0.25, 0.3) is 10.2 Å². The van der Waals surface area contributed by atoms with Gasteiger partial charge in [-0.05, 0) is 24.3 Å². The molecule has 1 aromatic heterocycles. The van der Waals surface area contributed by atoms with Gasteiger partial charge in [0.05, 0.1) is 16.0 Å². The van der Waals surface area contributed by atoms with Gasteiger partial charge >= 0.3 is 5.97 Å². The zero-order valence-corrected chi connectivity index (χ0v) is 15.6. The van der Waals surface area contributed by atoms with Gasteiger partial charge in [0, 0.05) is 10.0 Å². The van der Waals surface area contributed by atoms with E-state index in [1.165, 1.54) is 23.1 Å². The molecule has 24 heavy (non-hydrogen) atoms. The zero-order valence-electron chi connectivity index (χ0n) is 12.4. The fourth-order valence-electron chi connectivity index (χ4n) is 1.94. The largest absolute Gasteiger partial charge is 0.457 e. The highest BCUT2D eigenvalue weighted by molar-refractivity contribution is 9.10. The molecule has 0 aliphatic rings. The lowest BCUT2D eigenvalue weighted by Gasteiger charge is -2.03. The Bertz CT molecular complexity index is 844. The number of fused-ring (bicyclic) bond motifs is 1. The summed E-state index contributed by atoms with van der Waals surface area (Å²) in [6.45, 7) is -0.249. The van der Waals surface area contributed by atoms with E-state index in [1.807, 2.05) is 24.3 Å². The average Bonchev–Trinajstić information content (AvgIpc) is 3.01. The number of para-hydroxylation sites is 1. The third-order valence-corrected chi connectivity index (χ3v) is 5.80. The third kappa shape index (κ3) is 4.43. The van der Waals surface area contributed by atoms with Gasteiger partial charge in [-0.3, -0.25) is 9.59 Å². The van der Waals surface area contributed by atoms with Gasteiger partial charge in [0.1, 0.15) is 0 Å². The summed E-state index contributed by atoms with van der Waals surface area (Å²) in [4.78, 5) is 28.2. The topological polar surface area (TPSA) is 56.3 Å². The number of halogens is 1. The first-order valence-electron chi connectivity index (χ1n) is 7.04. The summed E-state index contributed by atoms with van der Waals surface area (Å²) < 4.78 is 7.83. The van der Waals surface area contributed by atoms with Crippen molar-refractivity contribution >= 4 is 61.0 Å². The highest BCUT2D eigenvalue weighted by Crippen LogP contribution is 2.29. The molecule has 0 unspecified atom stereocenters. The molecule has 4 nitrogen and oxygen atoms in total. The standard InChI is InChI=1S/C17H12BrNO3S2/c18-12-7-5-11(6-8-12)14(20)9-22-16(21)10-23-17-19-13-3-1-2-4-15(13)24-17/h1-8H,9-10H2. The van der Waals surface area contributed by atoms with E-state index in [2.05, 4.69) is 20.9 Å². The number of carbonyl (C=O) groups is 2. The molecule has 2 aromatic carbocycles. The summed E-state index contributed by atoms with van der Waals surface area (Å²) in [7, 11) is 0. The van der Waals surface area contributed by atoms with E-state index >= 15 is 0 Å². The molecule has 0 bridgehead atoms. The zero-order chi connectivity index (χ0) is 16.9. The first-order chi connectivity index (χ1) is 11.6. The molecule has 0 radical (unpaired) electrons. The number of Topliss-reactive ketones (excluding diaryl/α,β-unsaturated/α-hetero) is 1. The summed E-state index contributed by atoms with van der Waals surface area (Å²) in [5.74, 6) is -0.515. The molecule has 0 spiro atoms. The van der Waals surface area contributed by atoms with Crippen LogP contribution < -0.4 is 0 Å². The monoisotopic (exact) mass is 421 g/mol. The minimum Gasteiger partial charge on any atom is -0.457 e. The number of thioether (sulfide) groups is 1. The highest BCUT2D eigenvalue weighted by atomic mass is 79.9. The maximum absolute atomic E-state index is 11.9. The molecule has 0 saturated carbocycles. The molecule has 0 saturated heterocycles. The fourth-order valence-corrected chi connectivity index (χ4v) is 4.07. The maximum Gasteiger partial charge on any atom is 0.316 e. The third-order valence-electron chi connectivity index (χ3n) is 3.12. The molecule has 7 heteroatoms. The van der Waals surface area contributed by atoms with Gasteiger partial charge in [-0.2, -0.15) is 0 Å². The van der Waals surface area contributed by atoms with Gasteiger partial charge in [-0.1, -0.05) is 52.0 Å². The van der Waals surface area contributed by atoms with Crippen LogP contribution in [0.4, 0.5) is 0 Å². The number of hydrogen-bond donors (Lipinski definition) is 0. The van der Waals surface area contributed by atoms with Crippen molar-refractivity contribution in [1.82, 2.24) is 4.98 Å². The number of benzene rings is 2. The molecule has 3 aromatic rings. The lowest BCUT2D eigenvalue weighted by atomic mass is 10.1. The Balaban J connectivity index is 1.48. The van der Waals surface area contributed by atoms with Crippen molar-refractivity contribution in [2.24, 2.45) is 0 Å². The molecule has 0 aliphatic carbocycles. The van der Waals surface area contributed by atoms with E-state index in [4.69, 9.17) is 4.74 Å². The summed E-state index contributed by atoms with van der Waals surface area (Å²) in [5.41, 5.74) is 1.44. The van der Waals surface area contributed by atoms with Crippen LogP contribution in [0.3, 0.4) is 0 Å². The number of hydrogen-bond acceptors (Lipinski definition) is 6. The number of ketones is 1. The molecule has 0 aliphatic heterocycles. The van der Waals surface area contributed by atoms with E-state index < -0.39 is 5.97 Å². The van der Waals surface area contributed by atoms with Crippen LogP contribution in [0.15, 0.2) is 57.3 Å². The predicted octanol–water partition coefficient (Wildman–Crippen LogP) is 4.58. The average molecular weight is 422 g/mol. The Morgan fingerprint density at radius 1 is 1.12 bits per heavy atom. The molecule has 0 amide bonds. The second-order valence-corrected chi connectivity index (χ2v) is 8.00. The number of nitrogens with zero attached hydrogens (tertiary/aromatic N) is 1. The van der Waals surface area contributed by atoms with E-state index in [0.29, 0.717) is 5.56 Å². The Labute approximate surface area is 155 Å². The van der Waals surface area contributed by atoms with Crippen LogP contribution in [-0.2, 0) is 9.53 Å². The normalized spacial score (nSPS) is 10.7. The summed E-state index contributed by atoms with van der Waals surface area (Å²) in [6, 6.07) is 14.7. The molecule has 0 N–H and O–H groups in total. The maximum atomic E-state index is 11.9. The van der Waals surface area contributed by atoms with Crippen LogP contribution in [0.5, 0.6) is 0 Å². The number of rotatable bonds is 6. The van der Waals surface area contributed by atoms with Crippen molar-refractivity contribution in [3.05, 3.63) is 58.6 Å². The van der Waals surface area contributed by atoms with Crippen molar-refractivity contribution < 1.29 is 14.3 Å². The Hall–Kier alpha value is -1.70. The molecule has 0 fully saturated rings. The van der Waals surface area contributed by atoms with E-state index in [9.17, 15) is 9.59 Å². The molecule has 3 rings (SSSR count). The van der Waals surface area contributed by atoms with Crippen LogP contribution in [0, 0.1) is 0 Å². The van der Waals surface area contributed by atoms with Gasteiger partial charge in [0.25, 0.3) is 0 Å². The quantitative estimate of drug-likeness (QED) is 0.331. The van der Waals surface area contributed by atoms with Crippen molar-refractivity contribution in [1.29, 1.82) is 0 Å². The highest BCUT2D eigenvalue weighted by Gasteiger charge is 2.12. The van der Waals surface area contributed by atoms with Gasteiger partial charge in [-0.25, -0.2) is 4.98 Å². The van der Waals surface area contributed by atoms with Crippen molar-refractivity contribution in [2.45, 2.75) is 4.34 Å². The summed E-state index contributed by atoms with van der Waals surface area (Å²) >= 11 is 6.16. The molecular formula is C17H12BrNO3S2. The van der Waals surface area contributed by atoms with Crippen LogP contribution >= 0.6 is 39.0 Å². The van der Waals surface area contributed by atoms with E-state index in [0.717, 1.165) is 19.0 Å². The smallest absolute Gasteiger partial charge is 0.316 e. The Morgan fingerprint density at radius 2 is 1.88 bits per heavy atom. The molecule has 1 heterocycles. The second-order valence-electron chi connectivity index (χ2n) is 4.83. The first kappa shape index (κ1) is 17.1. The number of aromatic nitrogens is 1. The molecular weight excluding hydrogens is 410 g/mol. The Kier molecular flexibility index (Phi) is 5.65. The summed E-state index contributed by atoms with van der Waals surface area (Å²) in [6.07, 6.45) is 0. The van der Waals surface area contributed by atoms with Crippen LogP contribution in [-0.4, -0.2) is 29.1 Å². The van der Waals surface area contributed by atoms with E-state index in [1.54, 1.807) is 24.3 Å². The second kappa shape index (κ2) is 7.92. The summed E-state index contributed by atoms with van der Waals surface area (Å²) in [5, 5.41) is 0. The van der Waals surface area contributed by atoms with Gasteiger partial charge in [0.2, 0.25) is 0 Å². The lowest BCUT2D eigenvalue weighted by molar-refractivity contribution is -0.139. The minimum absolute atomic E-state index is 0.132. The Morgan fingerprint density at radius 3 is 2.62 bits per heavy atom. The van der Waals surface area contributed by atoms with Crippen molar-refractivity contribution in [3.63, 3.8) is 0 Å². The number of ether oxygens (including phenoxy) is 1. The lowest BCUT2D eigenvalue weighted by Crippen LogP contribution is -2.15. The van der Waals surface area contributed by atoms with Crippen molar-refractivity contribution in [2.75, 3.05) is 12.4 Å². The number of thiazole rings is 1. The van der Waals surface area contributed by atoms with E-state index in [-0.39, 0.29) is 18.1 Å². The number of carbonyl (C=O) groups excluding carboxylic acids is 2. The van der Waals surface area contributed by atoms with Crippen molar-refractivity contribution in [3.8, 4) is 0 Å². The van der Waals surface area contributed by atoms with Crippen LogP contribution in [0.2, 0.25) is 0 Å². The minimum atomic E-state index is -0.426.